The van der Waals surface area contributed by atoms with Crippen LogP contribution in [0.5, 0.6) is 0 Å². The second kappa shape index (κ2) is 11.9. The number of guanidine groups is 1. The highest BCUT2D eigenvalue weighted by molar-refractivity contribution is 14.0. The van der Waals surface area contributed by atoms with Crippen LogP contribution in [0, 0.1) is 10.1 Å². The summed E-state index contributed by atoms with van der Waals surface area (Å²) >= 11 is 0. The first-order valence-corrected chi connectivity index (χ1v) is 7.94. The summed E-state index contributed by atoms with van der Waals surface area (Å²) in [6.07, 6.45) is 0. The summed E-state index contributed by atoms with van der Waals surface area (Å²) in [5.74, 6) is 0.687. The normalized spacial score (nSPS) is 11.4. The molecule has 0 aliphatic carbocycles. The van der Waals surface area contributed by atoms with E-state index in [1.165, 1.54) is 6.07 Å². The number of methoxy groups -OCH3 is 1. The number of nitro groups is 1. The van der Waals surface area contributed by atoms with Crippen LogP contribution >= 0.6 is 24.0 Å². The Bertz CT molecular complexity index is 566. The smallest absolute Gasteiger partial charge is 0.292 e. The Kier molecular flexibility index (Phi) is 11.1. The highest BCUT2D eigenvalue weighted by Gasteiger charge is 2.15. The first-order chi connectivity index (χ1) is 11.4. The van der Waals surface area contributed by atoms with E-state index in [-0.39, 0.29) is 35.3 Å². The molecule has 142 valence electrons. The van der Waals surface area contributed by atoms with Gasteiger partial charge in [-0.2, -0.15) is 0 Å². The Balaban J connectivity index is 0.00000576. The molecule has 1 rings (SSSR count). The summed E-state index contributed by atoms with van der Waals surface area (Å²) in [6, 6.07) is 6.59. The van der Waals surface area contributed by atoms with Crippen molar-refractivity contribution in [2.24, 2.45) is 4.99 Å². The largest absolute Gasteiger partial charge is 0.378 e. The molecular formula is C16H28IN5O3. The minimum Gasteiger partial charge on any atom is -0.378 e. The molecule has 0 unspecified atom stereocenters. The lowest BCUT2D eigenvalue weighted by atomic mass is 10.1. The molecule has 0 saturated carbocycles. The number of nitro benzene ring substituents is 1. The number of aliphatic imine (C=N–C) groups is 1. The molecule has 9 heteroatoms. The second-order valence-corrected chi connectivity index (χ2v) is 5.79. The molecule has 25 heavy (non-hydrogen) atoms. The predicted molar refractivity (Wildman–Crippen MR) is 112 cm³/mol. The number of halogens is 1. The molecule has 0 fully saturated rings. The number of rotatable bonds is 9. The highest BCUT2D eigenvalue weighted by Crippen LogP contribution is 2.22. The van der Waals surface area contributed by atoms with Gasteiger partial charge in [0.05, 0.1) is 17.1 Å². The van der Waals surface area contributed by atoms with Crippen LogP contribution in [0.1, 0.15) is 20.8 Å². The first-order valence-electron chi connectivity index (χ1n) is 7.94. The third-order valence-electron chi connectivity index (χ3n) is 3.35. The van der Waals surface area contributed by atoms with Crippen LogP contribution in [0.4, 0.5) is 11.4 Å². The van der Waals surface area contributed by atoms with E-state index in [0.29, 0.717) is 31.3 Å². The van der Waals surface area contributed by atoms with Crippen LogP contribution in [-0.2, 0) is 4.74 Å². The Morgan fingerprint density at radius 2 is 1.96 bits per heavy atom. The van der Waals surface area contributed by atoms with Gasteiger partial charge < -0.3 is 20.7 Å². The Labute approximate surface area is 166 Å². The van der Waals surface area contributed by atoms with E-state index in [2.05, 4.69) is 20.9 Å². The van der Waals surface area contributed by atoms with Gasteiger partial charge >= 0.3 is 0 Å². The highest BCUT2D eigenvalue weighted by atomic mass is 127. The molecule has 8 nitrogen and oxygen atoms in total. The third kappa shape index (κ3) is 8.87. The second-order valence-electron chi connectivity index (χ2n) is 5.79. The van der Waals surface area contributed by atoms with Crippen LogP contribution in [-0.4, -0.2) is 49.8 Å². The average molecular weight is 465 g/mol. The number of hydrogen-bond acceptors (Lipinski definition) is 5. The van der Waals surface area contributed by atoms with E-state index < -0.39 is 4.92 Å². The third-order valence-corrected chi connectivity index (χ3v) is 3.35. The fraction of sp³-hybridized carbons (Fsp3) is 0.562. The zero-order valence-electron chi connectivity index (χ0n) is 15.2. The van der Waals surface area contributed by atoms with Crippen molar-refractivity contribution in [2.75, 3.05) is 38.6 Å². The van der Waals surface area contributed by atoms with Gasteiger partial charge in [-0.3, -0.25) is 15.1 Å². The van der Waals surface area contributed by atoms with E-state index in [1.54, 1.807) is 25.3 Å². The molecule has 0 saturated heterocycles. The van der Waals surface area contributed by atoms with Crippen molar-refractivity contribution in [3.8, 4) is 0 Å². The maximum absolute atomic E-state index is 11.0. The van der Waals surface area contributed by atoms with Gasteiger partial charge in [-0.25, -0.2) is 0 Å². The molecule has 0 spiro atoms. The van der Waals surface area contributed by atoms with Crippen molar-refractivity contribution >= 4 is 41.3 Å². The molecule has 0 amide bonds. The van der Waals surface area contributed by atoms with Crippen LogP contribution in [0.15, 0.2) is 29.3 Å². The van der Waals surface area contributed by atoms with Gasteiger partial charge in [-0.1, -0.05) is 12.1 Å². The fourth-order valence-electron chi connectivity index (χ4n) is 1.84. The molecule has 0 heterocycles. The SMILES string of the molecule is CCNC(=NCC(C)(C)OC)NCCNc1ccccc1[N+](=O)[O-].I. The van der Waals surface area contributed by atoms with Crippen LogP contribution < -0.4 is 16.0 Å². The van der Waals surface area contributed by atoms with Gasteiger partial charge in [0.1, 0.15) is 5.69 Å². The summed E-state index contributed by atoms with van der Waals surface area (Å²) in [7, 11) is 1.66. The first kappa shape index (κ1) is 23.4. The average Bonchev–Trinajstić information content (AvgIpc) is 2.56. The summed E-state index contributed by atoms with van der Waals surface area (Å²) in [6.45, 7) is 8.30. The monoisotopic (exact) mass is 465 g/mol. The van der Waals surface area contributed by atoms with Crippen LogP contribution in [0.3, 0.4) is 0 Å². The lowest BCUT2D eigenvalue weighted by Gasteiger charge is -2.21. The lowest BCUT2D eigenvalue weighted by Crippen LogP contribution is -2.41. The van der Waals surface area contributed by atoms with Crippen molar-refractivity contribution in [3.05, 3.63) is 34.4 Å². The summed E-state index contributed by atoms with van der Waals surface area (Å²) < 4.78 is 5.35. The molecule has 1 aromatic carbocycles. The predicted octanol–water partition coefficient (Wildman–Crippen LogP) is 2.60. The van der Waals surface area contributed by atoms with Crippen LogP contribution in [0.2, 0.25) is 0 Å². The van der Waals surface area contributed by atoms with E-state index in [9.17, 15) is 10.1 Å². The number of nitrogens with zero attached hydrogens (tertiary/aromatic N) is 2. The maximum atomic E-state index is 11.0. The van der Waals surface area contributed by atoms with Crippen molar-refractivity contribution in [3.63, 3.8) is 0 Å². The zero-order chi connectivity index (χ0) is 18.0. The fourth-order valence-corrected chi connectivity index (χ4v) is 1.84. The standard InChI is InChI=1S/C16H27N5O3.HI/c1-5-17-15(20-12-16(2,3)24-4)19-11-10-18-13-8-6-7-9-14(13)21(22)23;/h6-9,18H,5,10-12H2,1-4H3,(H2,17,19,20);1H. The molecule has 0 aromatic heterocycles. The van der Waals surface area contributed by atoms with Gasteiger partial charge in [0, 0.05) is 32.8 Å². The summed E-state index contributed by atoms with van der Waals surface area (Å²) in [4.78, 5) is 15.0. The topological polar surface area (TPSA) is 101 Å². The number of anilines is 1. The number of nitrogens with one attached hydrogen (secondary N) is 3. The Morgan fingerprint density at radius 3 is 2.56 bits per heavy atom. The van der Waals surface area contributed by atoms with Gasteiger partial charge in [0.15, 0.2) is 5.96 Å². The Morgan fingerprint density at radius 1 is 1.28 bits per heavy atom. The van der Waals surface area contributed by atoms with Gasteiger partial charge in [0.2, 0.25) is 0 Å². The van der Waals surface area contributed by atoms with Gasteiger partial charge in [-0.15, -0.1) is 24.0 Å². The molecule has 0 bridgehead atoms. The van der Waals surface area contributed by atoms with E-state index in [0.717, 1.165) is 6.54 Å². The quantitative estimate of drug-likeness (QED) is 0.130. The molecule has 3 N–H and O–H groups in total. The molecule has 0 aliphatic heterocycles. The molecular weight excluding hydrogens is 437 g/mol. The minimum absolute atomic E-state index is 0. The van der Waals surface area contributed by atoms with E-state index in [4.69, 9.17) is 4.74 Å². The maximum Gasteiger partial charge on any atom is 0.292 e. The molecule has 0 atom stereocenters. The molecule has 0 radical (unpaired) electrons. The number of hydrogen-bond donors (Lipinski definition) is 3. The van der Waals surface area contributed by atoms with Gasteiger partial charge in [0.25, 0.3) is 5.69 Å². The van der Waals surface area contributed by atoms with E-state index in [1.807, 2.05) is 20.8 Å². The van der Waals surface area contributed by atoms with E-state index >= 15 is 0 Å². The lowest BCUT2D eigenvalue weighted by molar-refractivity contribution is -0.384. The zero-order valence-corrected chi connectivity index (χ0v) is 17.5. The van der Waals surface area contributed by atoms with Crippen molar-refractivity contribution < 1.29 is 9.66 Å². The summed E-state index contributed by atoms with van der Waals surface area (Å²) in [5.41, 5.74) is 0.248. The van der Waals surface area contributed by atoms with Crippen molar-refractivity contribution in [1.82, 2.24) is 10.6 Å². The number of benzene rings is 1. The Hall–Kier alpha value is -1.62. The van der Waals surface area contributed by atoms with Crippen LogP contribution in [0.25, 0.3) is 0 Å². The minimum atomic E-state index is -0.395. The molecule has 0 aliphatic rings. The number of ether oxygens (including phenoxy) is 1. The van der Waals surface area contributed by atoms with Gasteiger partial charge in [-0.05, 0) is 26.8 Å². The number of para-hydroxylation sites is 2. The molecule has 1 aromatic rings. The summed E-state index contributed by atoms with van der Waals surface area (Å²) in [5, 5.41) is 20.4. The van der Waals surface area contributed by atoms with Crippen molar-refractivity contribution in [1.29, 1.82) is 0 Å². The van der Waals surface area contributed by atoms with Crippen molar-refractivity contribution in [2.45, 2.75) is 26.4 Å².